The van der Waals surface area contributed by atoms with Crippen LogP contribution in [0.15, 0.2) is 18.2 Å². The maximum atomic E-state index is 13.2. The number of amides is 2. The summed E-state index contributed by atoms with van der Waals surface area (Å²) in [5, 5.41) is 5.48. The van der Waals surface area contributed by atoms with Gasteiger partial charge in [0.15, 0.2) is 11.6 Å². The lowest BCUT2D eigenvalue weighted by Crippen LogP contribution is -2.47. The molecule has 1 aliphatic heterocycles. The summed E-state index contributed by atoms with van der Waals surface area (Å²) >= 11 is 0. The number of hydrogen-bond acceptors (Lipinski definition) is 3. The Bertz CT molecular complexity index is 495. The zero-order valence-electron chi connectivity index (χ0n) is 10.5. The van der Waals surface area contributed by atoms with Gasteiger partial charge in [-0.25, -0.2) is 4.39 Å². The molecular weight excluding hydrogens is 251 g/mol. The van der Waals surface area contributed by atoms with Crippen LogP contribution in [0, 0.1) is 5.82 Å². The SMILES string of the molecule is COc1cc(C(=O)NC2CCC(=O)NC2)ccc1F. The molecule has 2 N–H and O–H groups in total. The van der Waals surface area contributed by atoms with Gasteiger partial charge in [0.25, 0.3) is 5.91 Å². The maximum Gasteiger partial charge on any atom is 0.251 e. The highest BCUT2D eigenvalue weighted by Crippen LogP contribution is 2.18. The summed E-state index contributed by atoms with van der Waals surface area (Å²) in [6.45, 7) is 0.420. The fourth-order valence-corrected chi connectivity index (χ4v) is 1.93. The lowest BCUT2D eigenvalue weighted by atomic mass is 10.1. The van der Waals surface area contributed by atoms with Gasteiger partial charge in [-0.1, -0.05) is 0 Å². The number of rotatable bonds is 3. The van der Waals surface area contributed by atoms with Gasteiger partial charge < -0.3 is 15.4 Å². The Morgan fingerprint density at radius 2 is 2.32 bits per heavy atom. The second kappa shape index (κ2) is 5.69. The van der Waals surface area contributed by atoms with E-state index in [9.17, 15) is 14.0 Å². The van der Waals surface area contributed by atoms with Crippen LogP contribution < -0.4 is 15.4 Å². The molecule has 6 heteroatoms. The van der Waals surface area contributed by atoms with E-state index in [4.69, 9.17) is 4.74 Å². The Hall–Kier alpha value is -2.11. The zero-order valence-corrected chi connectivity index (χ0v) is 10.5. The second-order valence-electron chi connectivity index (χ2n) is 4.36. The van der Waals surface area contributed by atoms with Crippen molar-refractivity contribution < 1.29 is 18.7 Å². The second-order valence-corrected chi connectivity index (χ2v) is 4.36. The van der Waals surface area contributed by atoms with Crippen molar-refractivity contribution in [2.24, 2.45) is 0 Å². The van der Waals surface area contributed by atoms with Crippen molar-refractivity contribution in [2.75, 3.05) is 13.7 Å². The van der Waals surface area contributed by atoms with E-state index in [0.717, 1.165) is 0 Å². The molecule has 0 radical (unpaired) electrons. The van der Waals surface area contributed by atoms with Crippen LogP contribution in [0.2, 0.25) is 0 Å². The van der Waals surface area contributed by atoms with Gasteiger partial charge >= 0.3 is 0 Å². The molecule has 1 unspecified atom stereocenters. The minimum atomic E-state index is -0.510. The maximum absolute atomic E-state index is 13.2. The van der Waals surface area contributed by atoms with Crippen LogP contribution in [0.25, 0.3) is 0 Å². The molecule has 1 fully saturated rings. The van der Waals surface area contributed by atoms with Crippen LogP contribution in [0.4, 0.5) is 4.39 Å². The predicted molar refractivity (Wildman–Crippen MR) is 66.4 cm³/mol. The van der Waals surface area contributed by atoms with Crippen molar-refractivity contribution in [3.05, 3.63) is 29.6 Å². The van der Waals surface area contributed by atoms with Gasteiger partial charge in [-0.3, -0.25) is 9.59 Å². The first-order valence-electron chi connectivity index (χ1n) is 6.01. The first-order chi connectivity index (χ1) is 9.10. The number of piperidine rings is 1. The third kappa shape index (κ3) is 3.21. The third-order valence-electron chi connectivity index (χ3n) is 3.01. The van der Waals surface area contributed by atoms with Gasteiger partial charge in [-0.2, -0.15) is 0 Å². The molecule has 19 heavy (non-hydrogen) atoms. The van der Waals surface area contributed by atoms with Gasteiger partial charge in [0, 0.05) is 24.6 Å². The fourth-order valence-electron chi connectivity index (χ4n) is 1.93. The Morgan fingerprint density at radius 1 is 1.53 bits per heavy atom. The van der Waals surface area contributed by atoms with Gasteiger partial charge in [-0.15, -0.1) is 0 Å². The monoisotopic (exact) mass is 266 g/mol. The summed E-state index contributed by atoms with van der Waals surface area (Å²) in [6, 6.07) is 3.85. The van der Waals surface area contributed by atoms with E-state index in [1.165, 1.54) is 25.3 Å². The largest absolute Gasteiger partial charge is 0.494 e. The molecule has 1 heterocycles. The number of halogens is 1. The number of methoxy groups -OCH3 is 1. The van der Waals surface area contributed by atoms with Crippen LogP contribution in [0.1, 0.15) is 23.2 Å². The highest BCUT2D eigenvalue weighted by Gasteiger charge is 2.20. The summed E-state index contributed by atoms with van der Waals surface area (Å²) < 4.78 is 18.1. The first-order valence-corrected chi connectivity index (χ1v) is 6.01. The van der Waals surface area contributed by atoms with Crippen LogP contribution in [-0.2, 0) is 4.79 Å². The molecule has 0 saturated carbocycles. The number of benzene rings is 1. The van der Waals surface area contributed by atoms with Gasteiger partial charge in [-0.05, 0) is 24.6 Å². The van der Waals surface area contributed by atoms with Crippen molar-refractivity contribution in [1.29, 1.82) is 0 Å². The lowest BCUT2D eigenvalue weighted by molar-refractivity contribution is -0.122. The topological polar surface area (TPSA) is 67.4 Å². The van der Waals surface area contributed by atoms with E-state index in [1.807, 2.05) is 0 Å². The molecule has 0 spiro atoms. The van der Waals surface area contributed by atoms with Crippen molar-refractivity contribution >= 4 is 11.8 Å². The molecule has 1 atom stereocenters. The fraction of sp³-hybridized carbons (Fsp3) is 0.385. The molecule has 1 aromatic rings. The smallest absolute Gasteiger partial charge is 0.251 e. The summed E-state index contributed by atoms with van der Waals surface area (Å²) in [4.78, 5) is 23.0. The Morgan fingerprint density at radius 3 is 2.95 bits per heavy atom. The molecule has 2 amide bonds. The summed E-state index contributed by atoms with van der Waals surface area (Å²) in [7, 11) is 1.34. The summed E-state index contributed by atoms with van der Waals surface area (Å²) in [6.07, 6.45) is 1.01. The van der Waals surface area contributed by atoms with Crippen LogP contribution in [0.3, 0.4) is 0 Å². The van der Waals surface area contributed by atoms with E-state index >= 15 is 0 Å². The van der Waals surface area contributed by atoms with Gasteiger partial charge in [0.2, 0.25) is 5.91 Å². The third-order valence-corrected chi connectivity index (χ3v) is 3.01. The highest BCUT2D eigenvalue weighted by atomic mass is 19.1. The zero-order chi connectivity index (χ0) is 13.8. The molecule has 0 aliphatic carbocycles. The van der Waals surface area contributed by atoms with Crippen LogP contribution in [0.5, 0.6) is 5.75 Å². The molecule has 5 nitrogen and oxygen atoms in total. The minimum absolute atomic E-state index is 0.00560. The average Bonchev–Trinajstić information content (AvgIpc) is 2.42. The normalized spacial score (nSPS) is 18.6. The quantitative estimate of drug-likeness (QED) is 0.852. The van der Waals surface area contributed by atoms with E-state index < -0.39 is 5.82 Å². The number of ether oxygens (including phenoxy) is 1. The Kier molecular flexibility index (Phi) is 3.99. The molecule has 1 aromatic carbocycles. The standard InChI is InChI=1S/C13H15FN2O3/c1-19-11-6-8(2-4-10(11)14)13(18)16-9-3-5-12(17)15-7-9/h2,4,6,9H,3,5,7H2,1H3,(H,15,17)(H,16,18). The molecule has 2 rings (SSSR count). The Balaban J connectivity index is 2.01. The molecular formula is C13H15FN2O3. The van der Waals surface area contributed by atoms with Crippen LogP contribution in [-0.4, -0.2) is 31.5 Å². The lowest BCUT2D eigenvalue weighted by Gasteiger charge is -2.23. The van der Waals surface area contributed by atoms with Gasteiger partial charge in [0.1, 0.15) is 0 Å². The number of carbonyl (C=O) groups excluding carboxylic acids is 2. The van der Waals surface area contributed by atoms with E-state index in [1.54, 1.807) is 0 Å². The predicted octanol–water partition coefficient (Wildman–Crippen LogP) is 0.843. The molecule has 102 valence electrons. The number of hydrogen-bond donors (Lipinski definition) is 2. The van der Waals surface area contributed by atoms with Crippen LogP contribution >= 0.6 is 0 Å². The molecule has 1 saturated heterocycles. The van der Waals surface area contributed by atoms with Crippen molar-refractivity contribution in [1.82, 2.24) is 10.6 Å². The summed E-state index contributed by atoms with van der Waals surface area (Å²) in [5.74, 6) is -0.790. The molecule has 1 aliphatic rings. The van der Waals surface area contributed by atoms with Crippen molar-refractivity contribution in [3.8, 4) is 5.75 Å². The minimum Gasteiger partial charge on any atom is -0.494 e. The van der Waals surface area contributed by atoms with E-state index in [-0.39, 0.29) is 23.6 Å². The van der Waals surface area contributed by atoms with Crippen molar-refractivity contribution in [3.63, 3.8) is 0 Å². The Labute approximate surface area is 110 Å². The molecule has 0 bridgehead atoms. The number of nitrogens with one attached hydrogen (secondary N) is 2. The first kappa shape index (κ1) is 13.3. The average molecular weight is 266 g/mol. The highest BCUT2D eigenvalue weighted by molar-refractivity contribution is 5.95. The van der Waals surface area contributed by atoms with E-state index in [0.29, 0.717) is 24.9 Å². The van der Waals surface area contributed by atoms with E-state index in [2.05, 4.69) is 10.6 Å². The van der Waals surface area contributed by atoms with Gasteiger partial charge in [0.05, 0.1) is 7.11 Å². The van der Waals surface area contributed by atoms with Crippen molar-refractivity contribution in [2.45, 2.75) is 18.9 Å². The summed E-state index contributed by atoms with van der Waals surface area (Å²) in [5.41, 5.74) is 0.329. The number of carbonyl (C=O) groups is 2. The molecule has 0 aromatic heterocycles.